The molecule has 174 valence electrons. The van der Waals surface area contributed by atoms with Gasteiger partial charge in [0.15, 0.2) is 17.3 Å². The zero-order chi connectivity index (χ0) is 24.0. The molecule has 0 bridgehead atoms. The third-order valence-corrected chi connectivity index (χ3v) is 5.65. The Morgan fingerprint density at radius 1 is 1.03 bits per heavy atom. The number of carbonyl (C=O) groups is 1. The van der Waals surface area contributed by atoms with Crippen LogP contribution in [0.4, 0.5) is 4.39 Å². The van der Waals surface area contributed by atoms with E-state index in [1.165, 1.54) is 13.2 Å². The zero-order valence-electron chi connectivity index (χ0n) is 19.1. The van der Waals surface area contributed by atoms with Gasteiger partial charge in [0.25, 0.3) is 0 Å². The van der Waals surface area contributed by atoms with Gasteiger partial charge in [0.2, 0.25) is 0 Å². The van der Waals surface area contributed by atoms with Gasteiger partial charge in [-0.05, 0) is 78.9 Å². The van der Waals surface area contributed by atoms with Gasteiger partial charge in [-0.15, -0.1) is 0 Å². The maximum absolute atomic E-state index is 13.6. The van der Waals surface area contributed by atoms with E-state index >= 15 is 0 Å². The molecule has 6 heteroatoms. The molecule has 1 atom stereocenters. The van der Waals surface area contributed by atoms with Crippen LogP contribution in [0.5, 0.6) is 11.5 Å². The summed E-state index contributed by atoms with van der Waals surface area (Å²) in [5.74, 6) is 0.462. The number of aliphatic hydroxyl groups is 2. The number of methoxy groups -OCH3 is 1. The highest BCUT2D eigenvalue weighted by atomic mass is 19.1. The molecule has 3 aromatic carbocycles. The highest BCUT2D eigenvalue weighted by Crippen LogP contribution is 2.32. The van der Waals surface area contributed by atoms with Crippen molar-refractivity contribution < 1.29 is 28.9 Å². The number of aliphatic hydroxyl groups excluding tert-OH is 1. The van der Waals surface area contributed by atoms with E-state index in [-0.39, 0.29) is 37.7 Å². The van der Waals surface area contributed by atoms with E-state index in [9.17, 15) is 14.3 Å². The first-order valence-corrected chi connectivity index (χ1v) is 10.8. The molecule has 2 N–H and O–H groups in total. The van der Waals surface area contributed by atoms with Gasteiger partial charge in [-0.1, -0.05) is 24.3 Å². The Bertz CT molecular complexity index is 1120. The number of ketones is 1. The number of Topliss-reactive ketones (excluding diaryl/α,β-unsaturated/α-hetero) is 1. The SMILES string of the molecule is COc1cc(C(=O)CCC(C)(O)c2cccc(-c3ccc(F)c(C)c3)c2)ccc1OCCO. The van der Waals surface area contributed by atoms with Crippen molar-refractivity contribution in [3.05, 3.63) is 83.2 Å². The van der Waals surface area contributed by atoms with Gasteiger partial charge in [0.1, 0.15) is 12.4 Å². The summed E-state index contributed by atoms with van der Waals surface area (Å²) in [4.78, 5) is 12.8. The van der Waals surface area contributed by atoms with Crippen LogP contribution in [-0.2, 0) is 5.60 Å². The van der Waals surface area contributed by atoms with E-state index in [0.717, 1.165) is 11.1 Å². The molecule has 0 amide bonds. The second kappa shape index (κ2) is 10.6. The topological polar surface area (TPSA) is 76.0 Å². The number of aryl methyl sites for hydroxylation is 1. The number of benzene rings is 3. The van der Waals surface area contributed by atoms with Crippen LogP contribution >= 0.6 is 0 Å². The zero-order valence-corrected chi connectivity index (χ0v) is 19.1. The van der Waals surface area contributed by atoms with Gasteiger partial charge in [-0.3, -0.25) is 4.79 Å². The van der Waals surface area contributed by atoms with Gasteiger partial charge in [-0.2, -0.15) is 0 Å². The Morgan fingerprint density at radius 3 is 2.48 bits per heavy atom. The predicted octanol–water partition coefficient (Wildman–Crippen LogP) is 5.05. The molecule has 3 rings (SSSR count). The fourth-order valence-electron chi connectivity index (χ4n) is 3.62. The van der Waals surface area contributed by atoms with Gasteiger partial charge in [0, 0.05) is 12.0 Å². The Labute approximate surface area is 193 Å². The highest BCUT2D eigenvalue weighted by molar-refractivity contribution is 5.96. The number of halogens is 1. The van der Waals surface area contributed by atoms with Gasteiger partial charge in [0.05, 0.1) is 19.3 Å². The van der Waals surface area contributed by atoms with Crippen LogP contribution in [0.15, 0.2) is 60.7 Å². The summed E-state index contributed by atoms with van der Waals surface area (Å²) in [6.45, 7) is 3.40. The minimum absolute atomic E-state index is 0.124. The molecule has 0 saturated heterocycles. The van der Waals surface area contributed by atoms with Crippen molar-refractivity contribution in [1.82, 2.24) is 0 Å². The average Bonchev–Trinajstić information content (AvgIpc) is 2.83. The first kappa shape index (κ1) is 24.4. The largest absolute Gasteiger partial charge is 0.493 e. The molecule has 0 aliphatic heterocycles. The average molecular weight is 453 g/mol. The molecular weight excluding hydrogens is 423 g/mol. The molecule has 0 aromatic heterocycles. The van der Waals surface area contributed by atoms with E-state index in [4.69, 9.17) is 14.6 Å². The molecule has 0 radical (unpaired) electrons. The molecule has 0 spiro atoms. The molecule has 3 aromatic rings. The summed E-state index contributed by atoms with van der Waals surface area (Å²) in [5, 5.41) is 20.0. The lowest BCUT2D eigenvalue weighted by atomic mass is 9.87. The minimum atomic E-state index is -1.23. The van der Waals surface area contributed by atoms with Crippen molar-refractivity contribution >= 4 is 5.78 Å². The fraction of sp³-hybridized carbons (Fsp3) is 0.296. The quantitative estimate of drug-likeness (QED) is 0.421. The monoisotopic (exact) mass is 452 g/mol. The number of carbonyl (C=O) groups excluding carboxylic acids is 1. The van der Waals surface area contributed by atoms with Crippen molar-refractivity contribution in [3.63, 3.8) is 0 Å². The first-order valence-electron chi connectivity index (χ1n) is 10.8. The molecule has 0 heterocycles. The second-order valence-corrected chi connectivity index (χ2v) is 8.18. The van der Waals surface area contributed by atoms with Crippen LogP contribution in [0.1, 0.15) is 41.3 Å². The Kier molecular flexibility index (Phi) is 7.84. The van der Waals surface area contributed by atoms with Gasteiger partial charge in [-0.25, -0.2) is 4.39 Å². The maximum atomic E-state index is 13.6. The van der Waals surface area contributed by atoms with Crippen LogP contribution in [0.2, 0.25) is 0 Å². The maximum Gasteiger partial charge on any atom is 0.163 e. The highest BCUT2D eigenvalue weighted by Gasteiger charge is 2.25. The van der Waals surface area contributed by atoms with Crippen molar-refractivity contribution in [2.24, 2.45) is 0 Å². The molecular formula is C27H29FO5. The summed E-state index contributed by atoms with van der Waals surface area (Å²) in [7, 11) is 1.48. The molecule has 0 fully saturated rings. The number of ether oxygens (including phenoxy) is 2. The standard InChI is InChI=1S/C27H29FO5/c1-18-15-20(7-9-23(18)28)19-5-4-6-22(16-19)27(2,31)12-11-24(30)21-8-10-25(33-14-13-29)26(17-21)32-3/h4-10,15-17,29,31H,11-14H2,1-3H3. The Morgan fingerprint density at radius 2 is 1.79 bits per heavy atom. The van der Waals surface area contributed by atoms with Crippen molar-refractivity contribution in [2.75, 3.05) is 20.3 Å². The molecule has 0 aliphatic rings. The van der Waals surface area contributed by atoms with Crippen LogP contribution in [0.3, 0.4) is 0 Å². The normalized spacial score (nSPS) is 12.8. The van der Waals surface area contributed by atoms with Crippen LogP contribution in [0, 0.1) is 12.7 Å². The summed E-state index contributed by atoms with van der Waals surface area (Å²) < 4.78 is 24.3. The summed E-state index contributed by atoms with van der Waals surface area (Å²) in [5.41, 5.74) is 2.19. The number of hydrogen-bond donors (Lipinski definition) is 2. The van der Waals surface area contributed by atoms with Crippen LogP contribution in [0.25, 0.3) is 11.1 Å². The molecule has 0 aliphatic carbocycles. The van der Waals surface area contributed by atoms with Gasteiger partial charge >= 0.3 is 0 Å². The second-order valence-electron chi connectivity index (χ2n) is 8.18. The van der Waals surface area contributed by atoms with E-state index in [1.54, 1.807) is 44.2 Å². The lowest BCUT2D eigenvalue weighted by Crippen LogP contribution is -2.22. The molecule has 5 nitrogen and oxygen atoms in total. The summed E-state index contributed by atoms with van der Waals surface area (Å²) in [6.07, 6.45) is 0.357. The first-order chi connectivity index (χ1) is 15.7. The predicted molar refractivity (Wildman–Crippen MR) is 125 cm³/mol. The number of hydrogen-bond acceptors (Lipinski definition) is 5. The van der Waals surface area contributed by atoms with E-state index < -0.39 is 5.60 Å². The fourth-order valence-corrected chi connectivity index (χ4v) is 3.62. The third-order valence-electron chi connectivity index (χ3n) is 5.65. The smallest absolute Gasteiger partial charge is 0.163 e. The number of rotatable bonds is 10. The van der Waals surface area contributed by atoms with Crippen LogP contribution < -0.4 is 9.47 Å². The van der Waals surface area contributed by atoms with E-state index in [1.807, 2.05) is 24.3 Å². The summed E-state index contributed by atoms with van der Waals surface area (Å²) in [6, 6.07) is 17.2. The lowest BCUT2D eigenvalue weighted by Gasteiger charge is -2.24. The Balaban J connectivity index is 1.73. The Hall–Kier alpha value is -3.22. The van der Waals surface area contributed by atoms with Crippen molar-refractivity contribution in [3.8, 4) is 22.6 Å². The summed E-state index contributed by atoms with van der Waals surface area (Å²) >= 11 is 0. The van der Waals surface area contributed by atoms with Gasteiger partial charge < -0.3 is 19.7 Å². The van der Waals surface area contributed by atoms with E-state index in [0.29, 0.717) is 28.2 Å². The van der Waals surface area contributed by atoms with Crippen molar-refractivity contribution in [1.29, 1.82) is 0 Å². The van der Waals surface area contributed by atoms with Crippen molar-refractivity contribution in [2.45, 2.75) is 32.3 Å². The third kappa shape index (κ3) is 5.97. The molecule has 0 saturated carbocycles. The lowest BCUT2D eigenvalue weighted by molar-refractivity contribution is 0.0437. The van der Waals surface area contributed by atoms with Crippen LogP contribution in [-0.4, -0.2) is 36.3 Å². The minimum Gasteiger partial charge on any atom is -0.493 e. The van der Waals surface area contributed by atoms with E-state index in [2.05, 4.69) is 0 Å². The molecule has 1 unspecified atom stereocenters. The molecule has 33 heavy (non-hydrogen) atoms.